The molecule has 88 valence electrons. The van der Waals surface area contributed by atoms with Crippen LogP contribution < -0.4 is 9.80 Å². The minimum atomic E-state index is -4.31. The van der Waals surface area contributed by atoms with Gasteiger partial charge in [0.05, 0.1) is 11.4 Å². The number of fused-ring (bicyclic) bond motifs is 1. The SMILES string of the molecule is CN1c2ccccc2N(C)C1(C)C(F)(F)F. The molecule has 0 bridgehead atoms. The first-order chi connectivity index (χ1) is 7.30. The van der Waals surface area contributed by atoms with Crippen LogP contribution in [0.1, 0.15) is 6.92 Å². The highest BCUT2D eigenvalue weighted by Gasteiger charge is 2.60. The zero-order chi connectivity index (χ0) is 12.1. The number of benzene rings is 1. The van der Waals surface area contributed by atoms with Gasteiger partial charge in [-0.3, -0.25) is 0 Å². The van der Waals surface area contributed by atoms with E-state index in [-0.39, 0.29) is 0 Å². The fourth-order valence-corrected chi connectivity index (χ4v) is 2.11. The van der Waals surface area contributed by atoms with Crippen molar-refractivity contribution in [1.29, 1.82) is 0 Å². The third-order valence-electron chi connectivity index (χ3n) is 3.45. The van der Waals surface area contributed by atoms with E-state index >= 15 is 0 Å². The Morgan fingerprint density at radius 3 is 1.69 bits per heavy atom. The largest absolute Gasteiger partial charge is 0.430 e. The van der Waals surface area contributed by atoms with E-state index < -0.39 is 11.8 Å². The second kappa shape index (κ2) is 3.06. The van der Waals surface area contributed by atoms with Gasteiger partial charge in [-0.25, -0.2) is 0 Å². The molecule has 0 spiro atoms. The van der Waals surface area contributed by atoms with E-state index in [2.05, 4.69) is 0 Å². The maximum absolute atomic E-state index is 13.1. The molecule has 1 heterocycles. The molecule has 0 N–H and O–H groups in total. The van der Waals surface area contributed by atoms with E-state index in [9.17, 15) is 13.2 Å². The van der Waals surface area contributed by atoms with Crippen LogP contribution in [0.3, 0.4) is 0 Å². The van der Waals surface area contributed by atoms with E-state index in [1.54, 1.807) is 24.3 Å². The fourth-order valence-electron chi connectivity index (χ4n) is 2.11. The van der Waals surface area contributed by atoms with E-state index in [0.717, 1.165) is 0 Å². The summed E-state index contributed by atoms with van der Waals surface area (Å²) in [7, 11) is 2.94. The highest BCUT2D eigenvalue weighted by Crippen LogP contribution is 2.49. The quantitative estimate of drug-likeness (QED) is 0.676. The molecule has 0 saturated carbocycles. The molecule has 1 aromatic carbocycles. The van der Waals surface area contributed by atoms with E-state index in [0.29, 0.717) is 11.4 Å². The molecular formula is C11H13F3N2. The highest BCUT2D eigenvalue weighted by atomic mass is 19.4. The van der Waals surface area contributed by atoms with Crippen molar-refractivity contribution in [2.24, 2.45) is 0 Å². The predicted molar refractivity (Wildman–Crippen MR) is 57.7 cm³/mol. The van der Waals surface area contributed by atoms with Crippen molar-refractivity contribution in [3.63, 3.8) is 0 Å². The lowest BCUT2D eigenvalue weighted by Gasteiger charge is -2.40. The van der Waals surface area contributed by atoms with Crippen LogP contribution in [0, 0.1) is 0 Å². The van der Waals surface area contributed by atoms with Gasteiger partial charge in [-0.2, -0.15) is 13.2 Å². The predicted octanol–water partition coefficient (Wildman–Crippen LogP) is 2.85. The first kappa shape index (κ1) is 11.1. The van der Waals surface area contributed by atoms with Gasteiger partial charge < -0.3 is 9.80 Å². The lowest BCUT2D eigenvalue weighted by Crippen LogP contribution is -2.62. The summed E-state index contributed by atoms with van der Waals surface area (Å²) in [5, 5.41) is 0. The Labute approximate surface area is 92.3 Å². The molecule has 0 amide bonds. The number of para-hydroxylation sites is 2. The van der Waals surface area contributed by atoms with Crippen LogP contribution in [-0.4, -0.2) is 25.9 Å². The Kier molecular flexibility index (Phi) is 2.12. The summed E-state index contributed by atoms with van der Waals surface area (Å²) in [5.74, 6) is 0. The second-order valence-corrected chi connectivity index (χ2v) is 4.13. The van der Waals surface area contributed by atoms with E-state index in [4.69, 9.17) is 0 Å². The van der Waals surface area contributed by atoms with E-state index in [1.165, 1.54) is 30.8 Å². The Morgan fingerprint density at radius 2 is 1.38 bits per heavy atom. The fraction of sp³-hybridized carbons (Fsp3) is 0.455. The molecule has 1 aliphatic heterocycles. The third-order valence-corrected chi connectivity index (χ3v) is 3.45. The van der Waals surface area contributed by atoms with Crippen LogP contribution in [0.15, 0.2) is 24.3 Å². The summed E-state index contributed by atoms with van der Waals surface area (Å²) in [4.78, 5) is 2.53. The molecule has 0 unspecified atom stereocenters. The van der Waals surface area contributed by atoms with Crippen LogP contribution in [0.2, 0.25) is 0 Å². The van der Waals surface area contributed by atoms with E-state index in [1.807, 2.05) is 0 Å². The van der Waals surface area contributed by atoms with Crippen molar-refractivity contribution >= 4 is 11.4 Å². The molecule has 0 aromatic heterocycles. The van der Waals surface area contributed by atoms with Crippen molar-refractivity contribution in [2.45, 2.75) is 18.8 Å². The van der Waals surface area contributed by atoms with Crippen LogP contribution in [0.5, 0.6) is 0 Å². The van der Waals surface area contributed by atoms with Crippen LogP contribution >= 0.6 is 0 Å². The summed E-state index contributed by atoms with van der Waals surface area (Å²) in [6.07, 6.45) is -4.31. The van der Waals surface area contributed by atoms with Gasteiger partial charge in [0.25, 0.3) is 0 Å². The number of hydrogen-bond acceptors (Lipinski definition) is 2. The van der Waals surface area contributed by atoms with Gasteiger partial charge in [0.15, 0.2) is 0 Å². The summed E-state index contributed by atoms with van der Waals surface area (Å²) >= 11 is 0. The molecule has 2 rings (SSSR count). The average molecular weight is 230 g/mol. The molecule has 0 saturated heterocycles. The second-order valence-electron chi connectivity index (χ2n) is 4.13. The zero-order valence-corrected chi connectivity index (χ0v) is 9.34. The van der Waals surface area contributed by atoms with Crippen molar-refractivity contribution in [1.82, 2.24) is 0 Å². The molecule has 0 fully saturated rings. The summed E-state index contributed by atoms with van der Waals surface area (Å²) in [5.41, 5.74) is -0.772. The van der Waals surface area contributed by atoms with Gasteiger partial charge in [-0.1, -0.05) is 12.1 Å². The smallest absolute Gasteiger partial charge is 0.343 e. The highest BCUT2D eigenvalue weighted by molar-refractivity contribution is 5.79. The standard InChI is InChI=1S/C11H13F3N2/c1-10(11(12,13)14)15(2)8-6-4-5-7-9(8)16(10)3/h4-7H,1-3H3. The van der Waals surface area contributed by atoms with Crippen LogP contribution in [-0.2, 0) is 0 Å². The number of alkyl halides is 3. The Bertz CT molecular complexity index is 385. The van der Waals surface area contributed by atoms with Gasteiger partial charge in [0.2, 0.25) is 5.66 Å². The van der Waals surface area contributed by atoms with Crippen molar-refractivity contribution in [3.05, 3.63) is 24.3 Å². The molecule has 0 radical (unpaired) electrons. The van der Waals surface area contributed by atoms with Gasteiger partial charge >= 0.3 is 6.18 Å². The summed E-state index contributed by atoms with van der Waals surface area (Å²) in [6, 6.07) is 6.88. The van der Waals surface area contributed by atoms with Crippen LogP contribution in [0.25, 0.3) is 0 Å². The number of rotatable bonds is 0. The van der Waals surface area contributed by atoms with Crippen molar-refractivity contribution in [2.75, 3.05) is 23.9 Å². The Morgan fingerprint density at radius 1 is 1.00 bits per heavy atom. The van der Waals surface area contributed by atoms with Crippen molar-refractivity contribution in [3.8, 4) is 0 Å². The maximum atomic E-state index is 13.1. The molecule has 0 atom stereocenters. The number of hydrogen-bond donors (Lipinski definition) is 0. The molecule has 16 heavy (non-hydrogen) atoms. The maximum Gasteiger partial charge on any atom is 0.430 e. The Hall–Kier alpha value is -1.39. The molecular weight excluding hydrogens is 217 g/mol. The number of nitrogens with zero attached hydrogens (tertiary/aromatic N) is 2. The third kappa shape index (κ3) is 1.14. The van der Waals surface area contributed by atoms with Gasteiger partial charge in [0, 0.05) is 14.1 Å². The average Bonchev–Trinajstić information content (AvgIpc) is 2.42. The normalized spacial score (nSPS) is 18.9. The zero-order valence-electron chi connectivity index (χ0n) is 9.34. The first-order valence-corrected chi connectivity index (χ1v) is 4.93. The molecule has 2 nitrogen and oxygen atoms in total. The lowest BCUT2D eigenvalue weighted by atomic mass is 10.1. The molecule has 0 aliphatic carbocycles. The molecule has 1 aliphatic rings. The topological polar surface area (TPSA) is 6.48 Å². The Balaban J connectivity index is 2.58. The summed E-state index contributed by atoms with van der Waals surface area (Å²) in [6.45, 7) is 1.19. The first-order valence-electron chi connectivity index (χ1n) is 4.93. The van der Waals surface area contributed by atoms with Gasteiger partial charge in [0.1, 0.15) is 0 Å². The van der Waals surface area contributed by atoms with Gasteiger partial charge in [-0.05, 0) is 19.1 Å². The monoisotopic (exact) mass is 230 g/mol. The minimum Gasteiger partial charge on any atom is -0.343 e. The summed E-state index contributed by atoms with van der Waals surface area (Å²) < 4.78 is 39.4. The lowest BCUT2D eigenvalue weighted by molar-refractivity contribution is -0.178. The van der Waals surface area contributed by atoms with Gasteiger partial charge in [-0.15, -0.1) is 0 Å². The molecule has 1 aromatic rings. The minimum absolute atomic E-state index is 0.602. The van der Waals surface area contributed by atoms with Crippen LogP contribution in [0.4, 0.5) is 24.5 Å². The number of halogens is 3. The van der Waals surface area contributed by atoms with Crippen molar-refractivity contribution < 1.29 is 13.2 Å². The molecule has 5 heteroatoms. The number of anilines is 2.